The van der Waals surface area contributed by atoms with Gasteiger partial charge < -0.3 is 10.0 Å². The summed E-state index contributed by atoms with van der Waals surface area (Å²) in [7, 11) is 0. The maximum atomic E-state index is 11.7. The minimum atomic E-state index is -0.657. The molecule has 2 fully saturated rings. The van der Waals surface area contributed by atoms with Gasteiger partial charge in [-0.05, 0) is 44.6 Å². The molecule has 0 spiro atoms. The average molecular weight is 268 g/mol. The van der Waals surface area contributed by atoms with Crippen molar-refractivity contribution in [2.24, 2.45) is 5.92 Å². The van der Waals surface area contributed by atoms with Crippen LogP contribution in [0.1, 0.15) is 52.9 Å². The molecule has 2 rings (SSSR count). The first kappa shape index (κ1) is 14.8. The summed E-state index contributed by atoms with van der Waals surface area (Å²) in [6.45, 7) is 8.72. The smallest absolute Gasteiger partial charge is 0.323 e. The van der Waals surface area contributed by atoms with Crippen molar-refractivity contribution >= 4 is 5.97 Å². The molecule has 0 aliphatic heterocycles. The van der Waals surface area contributed by atoms with Crippen molar-refractivity contribution in [3.63, 3.8) is 0 Å². The van der Waals surface area contributed by atoms with Crippen LogP contribution in [0.15, 0.2) is 0 Å². The van der Waals surface area contributed by atoms with Crippen LogP contribution in [0.25, 0.3) is 0 Å². The van der Waals surface area contributed by atoms with Gasteiger partial charge in [0.15, 0.2) is 0 Å². The summed E-state index contributed by atoms with van der Waals surface area (Å²) in [5.74, 6) is -0.0151. The zero-order valence-electron chi connectivity index (χ0n) is 12.5. The van der Waals surface area contributed by atoms with Gasteiger partial charge in [-0.3, -0.25) is 10.1 Å². The van der Waals surface area contributed by atoms with Gasteiger partial charge in [-0.15, -0.1) is 0 Å². The molecule has 0 bridgehead atoms. The van der Waals surface area contributed by atoms with Gasteiger partial charge in [0, 0.05) is 18.6 Å². The molecule has 0 heterocycles. The molecule has 2 atom stereocenters. The third-order valence-electron chi connectivity index (χ3n) is 4.48. The molecule has 2 N–H and O–H groups in total. The lowest BCUT2D eigenvalue weighted by molar-refractivity contribution is -0.145. The van der Waals surface area contributed by atoms with Crippen molar-refractivity contribution in [2.45, 2.75) is 70.5 Å². The van der Waals surface area contributed by atoms with Gasteiger partial charge in [0.05, 0.1) is 0 Å². The lowest BCUT2D eigenvalue weighted by atomic mass is 9.97. The maximum absolute atomic E-state index is 11.7. The van der Waals surface area contributed by atoms with Crippen LogP contribution in [0.3, 0.4) is 0 Å². The summed E-state index contributed by atoms with van der Waals surface area (Å²) >= 11 is 0. The minimum absolute atomic E-state index is 0.426. The van der Waals surface area contributed by atoms with Crippen LogP contribution in [-0.4, -0.2) is 46.7 Å². The number of carboxylic acids is 1. The topological polar surface area (TPSA) is 52.6 Å². The van der Waals surface area contributed by atoms with Crippen LogP contribution in [0.2, 0.25) is 0 Å². The Labute approximate surface area is 116 Å². The second-order valence-corrected chi connectivity index (χ2v) is 6.68. The van der Waals surface area contributed by atoms with E-state index in [0.29, 0.717) is 18.0 Å². The van der Waals surface area contributed by atoms with E-state index in [9.17, 15) is 9.90 Å². The van der Waals surface area contributed by atoms with Crippen molar-refractivity contribution in [3.05, 3.63) is 0 Å². The number of hydrogen-bond acceptors (Lipinski definition) is 3. The molecule has 2 saturated carbocycles. The van der Waals surface area contributed by atoms with E-state index in [1.165, 1.54) is 0 Å². The van der Waals surface area contributed by atoms with Crippen LogP contribution in [0.4, 0.5) is 0 Å². The first-order valence-corrected chi connectivity index (χ1v) is 7.72. The molecule has 4 nitrogen and oxygen atoms in total. The molecule has 4 heteroatoms. The monoisotopic (exact) mass is 268 g/mol. The summed E-state index contributed by atoms with van der Waals surface area (Å²) in [5.41, 5.74) is -0.657. The van der Waals surface area contributed by atoms with Crippen molar-refractivity contribution in [2.75, 3.05) is 13.1 Å². The van der Waals surface area contributed by atoms with Crippen molar-refractivity contribution < 1.29 is 9.90 Å². The number of hydrogen-bond donors (Lipinski definition) is 2. The Balaban J connectivity index is 2.00. The van der Waals surface area contributed by atoms with E-state index < -0.39 is 11.5 Å². The summed E-state index contributed by atoms with van der Waals surface area (Å²) < 4.78 is 0. The first-order valence-electron chi connectivity index (χ1n) is 7.72. The van der Waals surface area contributed by atoms with E-state index in [-0.39, 0.29) is 0 Å². The molecule has 0 radical (unpaired) electrons. The van der Waals surface area contributed by atoms with E-state index in [0.717, 1.165) is 45.2 Å². The molecule has 0 aromatic carbocycles. The third-order valence-corrected chi connectivity index (χ3v) is 4.48. The molecule has 19 heavy (non-hydrogen) atoms. The van der Waals surface area contributed by atoms with E-state index in [2.05, 4.69) is 31.0 Å². The Morgan fingerprint density at radius 3 is 2.58 bits per heavy atom. The van der Waals surface area contributed by atoms with Crippen LogP contribution in [0.5, 0.6) is 0 Å². The van der Waals surface area contributed by atoms with E-state index >= 15 is 0 Å². The largest absolute Gasteiger partial charge is 0.480 e. The third kappa shape index (κ3) is 3.48. The highest BCUT2D eigenvalue weighted by atomic mass is 16.4. The van der Waals surface area contributed by atoms with Crippen molar-refractivity contribution in [1.82, 2.24) is 10.2 Å². The highest BCUT2D eigenvalue weighted by Gasteiger charge is 2.49. The molecular weight excluding hydrogens is 240 g/mol. The number of carboxylic acid groups (broad SMARTS) is 1. The predicted molar refractivity (Wildman–Crippen MR) is 76.2 cm³/mol. The summed E-state index contributed by atoms with van der Waals surface area (Å²) in [6, 6.07) is 0.879. The molecule has 2 unspecified atom stereocenters. The fraction of sp³-hybridized carbons (Fsp3) is 0.933. The summed E-state index contributed by atoms with van der Waals surface area (Å²) in [4.78, 5) is 14.1. The fourth-order valence-corrected chi connectivity index (χ4v) is 3.34. The quantitative estimate of drug-likeness (QED) is 0.742. The maximum Gasteiger partial charge on any atom is 0.323 e. The van der Waals surface area contributed by atoms with Gasteiger partial charge in [-0.2, -0.15) is 0 Å². The number of rotatable bonds is 7. The average Bonchev–Trinajstić information content (AvgIpc) is 3.03. The van der Waals surface area contributed by atoms with Gasteiger partial charge in [0.2, 0.25) is 0 Å². The Morgan fingerprint density at radius 2 is 2.11 bits per heavy atom. The zero-order chi connectivity index (χ0) is 14.0. The van der Waals surface area contributed by atoms with Crippen LogP contribution in [0, 0.1) is 5.92 Å². The molecule has 110 valence electrons. The number of nitrogens with one attached hydrogen (secondary N) is 1. The Kier molecular flexibility index (Phi) is 4.51. The number of nitrogens with zero attached hydrogens (tertiary/aromatic N) is 1. The Hall–Kier alpha value is -0.610. The highest BCUT2D eigenvalue weighted by molar-refractivity contribution is 5.79. The molecule has 2 aliphatic carbocycles. The van der Waals surface area contributed by atoms with E-state index in [1.54, 1.807) is 0 Å². The fourth-order valence-electron chi connectivity index (χ4n) is 3.34. The van der Waals surface area contributed by atoms with Gasteiger partial charge >= 0.3 is 5.97 Å². The Bertz CT molecular complexity index is 328. The van der Waals surface area contributed by atoms with Crippen LogP contribution >= 0.6 is 0 Å². The molecule has 0 aromatic heterocycles. The number of aliphatic carboxylic acids is 1. The van der Waals surface area contributed by atoms with Crippen molar-refractivity contribution in [1.29, 1.82) is 0 Å². The second-order valence-electron chi connectivity index (χ2n) is 6.68. The minimum Gasteiger partial charge on any atom is -0.480 e. The standard InChI is InChI=1S/C15H28N2O2/c1-4-17(10-11(2)3)13-7-8-15(9-13,14(18)19)16-12-5-6-12/h11-13,16H,4-10H2,1-3H3,(H,18,19). The lowest BCUT2D eigenvalue weighted by Crippen LogP contribution is -2.52. The number of carbonyl (C=O) groups is 1. The Morgan fingerprint density at radius 1 is 1.42 bits per heavy atom. The molecule has 0 amide bonds. The van der Waals surface area contributed by atoms with Crippen LogP contribution < -0.4 is 5.32 Å². The van der Waals surface area contributed by atoms with E-state index in [4.69, 9.17) is 0 Å². The highest BCUT2D eigenvalue weighted by Crippen LogP contribution is 2.36. The molecule has 2 aliphatic rings. The summed E-state index contributed by atoms with van der Waals surface area (Å²) in [5, 5.41) is 13.0. The van der Waals surface area contributed by atoms with Crippen molar-refractivity contribution in [3.8, 4) is 0 Å². The molecule has 0 aromatic rings. The van der Waals surface area contributed by atoms with Crippen LogP contribution in [-0.2, 0) is 4.79 Å². The normalized spacial score (nSPS) is 31.3. The molecular formula is C15H28N2O2. The van der Waals surface area contributed by atoms with Gasteiger partial charge in [-0.25, -0.2) is 0 Å². The second kappa shape index (κ2) is 5.80. The van der Waals surface area contributed by atoms with Gasteiger partial charge in [-0.1, -0.05) is 20.8 Å². The first-order chi connectivity index (χ1) is 8.97. The summed E-state index contributed by atoms with van der Waals surface area (Å²) in [6.07, 6.45) is 4.83. The predicted octanol–water partition coefficient (Wildman–Crippen LogP) is 2.09. The lowest BCUT2D eigenvalue weighted by Gasteiger charge is -2.31. The zero-order valence-corrected chi connectivity index (χ0v) is 12.5. The van der Waals surface area contributed by atoms with E-state index in [1.807, 2.05) is 0 Å². The van der Waals surface area contributed by atoms with Gasteiger partial charge in [0.1, 0.15) is 5.54 Å². The van der Waals surface area contributed by atoms with Gasteiger partial charge in [0.25, 0.3) is 0 Å². The SMILES string of the molecule is CCN(CC(C)C)C1CCC(NC2CC2)(C(=O)O)C1. The molecule has 0 saturated heterocycles.